The molecule has 2 aliphatic rings. The molecule has 0 spiro atoms. The first-order valence-corrected chi connectivity index (χ1v) is 5.96. The lowest BCUT2D eigenvalue weighted by atomic mass is 10.1. The maximum atomic E-state index is 6.01. The third kappa shape index (κ3) is 1.87. The van der Waals surface area contributed by atoms with Crippen LogP contribution in [0.1, 0.15) is 24.6 Å². The minimum absolute atomic E-state index is 0.332. The summed E-state index contributed by atoms with van der Waals surface area (Å²) in [4.78, 5) is 11.0. The monoisotopic (exact) mass is 239 g/mol. The van der Waals surface area contributed by atoms with E-state index in [1.54, 1.807) is 7.11 Å². The highest BCUT2D eigenvalue weighted by atomic mass is 35.5. The average molecular weight is 240 g/mol. The Morgan fingerprint density at radius 1 is 1.38 bits per heavy atom. The van der Waals surface area contributed by atoms with E-state index >= 15 is 0 Å². The number of aromatic nitrogens is 2. The third-order valence-corrected chi connectivity index (χ3v) is 3.34. The van der Waals surface area contributed by atoms with Crippen molar-refractivity contribution in [1.29, 1.82) is 0 Å². The Labute approximate surface area is 99.6 Å². The van der Waals surface area contributed by atoms with E-state index in [-0.39, 0.29) is 0 Å². The van der Waals surface area contributed by atoms with Gasteiger partial charge in [-0.3, -0.25) is 0 Å². The van der Waals surface area contributed by atoms with Crippen LogP contribution in [-0.4, -0.2) is 36.3 Å². The van der Waals surface area contributed by atoms with Crippen molar-refractivity contribution in [2.24, 2.45) is 0 Å². The molecule has 4 nitrogen and oxygen atoms in total. The van der Waals surface area contributed by atoms with Crippen molar-refractivity contribution in [3.05, 3.63) is 17.0 Å². The molecule has 1 aromatic heterocycles. The maximum Gasteiger partial charge on any atom is 0.135 e. The van der Waals surface area contributed by atoms with Gasteiger partial charge < -0.3 is 9.64 Å². The topological polar surface area (TPSA) is 38.2 Å². The Morgan fingerprint density at radius 3 is 2.75 bits per heavy atom. The van der Waals surface area contributed by atoms with Gasteiger partial charge in [-0.25, -0.2) is 9.97 Å². The SMILES string of the molecule is COC1CN(c2cc(Cl)nc(C3CC3)n2)C1. The van der Waals surface area contributed by atoms with Gasteiger partial charge in [0.1, 0.15) is 16.8 Å². The van der Waals surface area contributed by atoms with Gasteiger partial charge >= 0.3 is 0 Å². The molecule has 0 unspecified atom stereocenters. The molecular formula is C11H14ClN3O. The van der Waals surface area contributed by atoms with Crippen LogP contribution in [0.4, 0.5) is 5.82 Å². The van der Waals surface area contributed by atoms with Crippen LogP contribution in [-0.2, 0) is 4.74 Å². The second-order valence-corrected chi connectivity index (χ2v) is 4.83. The number of rotatable bonds is 3. The van der Waals surface area contributed by atoms with Crippen LogP contribution in [0.2, 0.25) is 5.15 Å². The Kier molecular flexibility index (Phi) is 2.48. The minimum atomic E-state index is 0.332. The highest BCUT2D eigenvalue weighted by Gasteiger charge is 2.31. The van der Waals surface area contributed by atoms with Crippen LogP contribution >= 0.6 is 11.6 Å². The number of hydrogen-bond acceptors (Lipinski definition) is 4. The van der Waals surface area contributed by atoms with Crippen molar-refractivity contribution in [2.45, 2.75) is 24.9 Å². The summed E-state index contributed by atoms with van der Waals surface area (Å²) in [7, 11) is 1.74. The molecule has 0 radical (unpaired) electrons. The second-order valence-electron chi connectivity index (χ2n) is 4.44. The minimum Gasteiger partial charge on any atom is -0.378 e. The number of ether oxygens (including phenoxy) is 1. The first-order valence-electron chi connectivity index (χ1n) is 5.58. The molecule has 1 saturated carbocycles. The van der Waals surface area contributed by atoms with Gasteiger partial charge in [-0.2, -0.15) is 0 Å². The number of hydrogen-bond donors (Lipinski definition) is 0. The predicted octanol–water partition coefficient (Wildman–Crippen LogP) is 1.84. The standard InChI is InChI=1S/C11H14ClN3O/c1-16-8-5-15(6-8)10-4-9(12)13-11(14-10)7-2-3-7/h4,7-8H,2-3,5-6H2,1H3. The van der Waals surface area contributed by atoms with Gasteiger partial charge in [0.25, 0.3) is 0 Å². The summed E-state index contributed by atoms with van der Waals surface area (Å²) in [6, 6.07) is 1.83. The fourth-order valence-electron chi connectivity index (χ4n) is 1.88. The van der Waals surface area contributed by atoms with Crippen LogP contribution < -0.4 is 4.90 Å². The van der Waals surface area contributed by atoms with Crippen molar-refractivity contribution >= 4 is 17.4 Å². The van der Waals surface area contributed by atoms with E-state index in [1.165, 1.54) is 12.8 Å². The van der Waals surface area contributed by atoms with E-state index in [9.17, 15) is 0 Å². The van der Waals surface area contributed by atoms with Crippen molar-refractivity contribution in [3.63, 3.8) is 0 Å². The summed E-state index contributed by atoms with van der Waals surface area (Å²) >= 11 is 6.01. The van der Waals surface area contributed by atoms with Crippen molar-refractivity contribution in [1.82, 2.24) is 9.97 Å². The Bertz CT molecular complexity index is 402. The zero-order valence-corrected chi connectivity index (χ0v) is 9.94. The molecule has 2 heterocycles. The molecule has 86 valence electrons. The quantitative estimate of drug-likeness (QED) is 0.755. The predicted molar refractivity (Wildman–Crippen MR) is 62.0 cm³/mol. The summed E-state index contributed by atoms with van der Waals surface area (Å²) in [6.07, 6.45) is 2.72. The van der Waals surface area contributed by atoms with Crippen LogP contribution in [0.5, 0.6) is 0 Å². The Balaban J connectivity index is 1.79. The first-order chi connectivity index (χ1) is 7.76. The van der Waals surface area contributed by atoms with E-state index in [0.29, 0.717) is 17.2 Å². The van der Waals surface area contributed by atoms with Gasteiger partial charge in [-0.15, -0.1) is 0 Å². The van der Waals surface area contributed by atoms with Crippen LogP contribution in [0, 0.1) is 0 Å². The summed E-state index contributed by atoms with van der Waals surface area (Å²) < 4.78 is 5.24. The van der Waals surface area contributed by atoms with Gasteiger partial charge in [-0.1, -0.05) is 11.6 Å². The fraction of sp³-hybridized carbons (Fsp3) is 0.636. The summed E-state index contributed by atoms with van der Waals surface area (Å²) in [6.45, 7) is 1.79. The fourth-order valence-corrected chi connectivity index (χ4v) is 2.07. The summed E-state index contributed by atoms with van der Waals surface area (Å²) in [5.74, 6) is 2.38. The molecule has 1 aliphatic carbocycles. The maximum absolute atomic E-state index is 6.01. The third-order valence-electron chi connectivity index (χ3n) is 3.15. The van der Waals surface area contributed by atoms with Gasteiger partial charge in [0.2, 0.25) is 0 Å². The molecule has 1 saturated heterocycles. The lowest BCUT2D eigenvalue weighted by Gasteiger charge is -2.39. The molecule has 5 heteroatoms. The molecule has 0 atom stereocenters. The number of halogens is 1. The van der Waals surface area contributed by atoms with Crippen molar-refractivity contribution < 1.29 is 4.74 Å². The molecule has 2 fully saturated rings. The molecule has 3 rings (SSSR count). The van der Waals surface area contributed by atoms with Crippen molar-refractivity contribution in [3.8, 4) is 0 Å². The zero-order valence-electron chi connectivity index (χ0n) is 9.19. The van der Waals surface area contributed by atoms with E-state index in [4.69, 9.17) is 16.3 Å². The van der Waals surface area contributed by atoms with E-state index in [1.807, 2.05) is 6.07 Å². The van der Waals surface area contributed by atoms with Gasteiger partial charge in [0.05, 0.1) is 6.10 Å². The Hall–Kier alpha value is -0.870. The second kappa shape index (κ2) is 3.86. The first kappa shape index (κ1) is 10.3. The van der Waals surface area contributed by atoms with E-state index in [0.717, 1.165) is 24.7 Å². The van der Waals surface area contributed by atoms with E-state index < -0.39 is 0 Å². The zero-order chi connectivity index (χ0) is 11.1. The van der Waals surface area contributed by atoms with Crippen LogP contribution in [0.15, 0.2) is 6.07 Å². The molecule has 1 aromatic rings. The molecule has 1 aliphatic heterocycles. The smallest absolute Gasteiger partial charge is 0.135 e. The number of nitrogens with zero attached hydrogens (tertiary/aromatic N) is 3. The number of anilines is 1. The average Bonchev–Trinajstić information content (AvgIpc) is 2.98. The molecule has 0 amide bonds. The highest BCUT2D eigenvalue weighted by molar-refractivity contribution is 6.29. The molecule has 16 heavy (non-hydrogen) atoms. The lowest BCUT2D eigenvalue weighted by molar-refractivity contribution is 0.0783. The molecule has 0 aromatic carbocycles. The van der Waals surface area contributed by atoms with Gasteiger partial charge in [0, 0.05) is 32.2 Å². The highest BCUT2D eigenvalue weighted by Crippen LogP contribution is 2.39. The van der Waals surface area contributed by atoms with Gasteiger partial charge in [0.15, 0.2) is 0 Å². The molecule has 0 N–H and O–H groups in total. The van der Waals surface area contributed by atoms with Crippen LogP contribution in [0.25, 0.3) is 0 Å². The van der Waals surface area contributed by atoms with Crippen molar-refractivity contribution in [2.75, 3.05) is 25.1 Å². The lowest BCUT2D eigenvalue weighted by Crippen LogP contribution is -2.52. The molecule has 0 bridgehead atoms. The molecular weight excluding hydrogens is 226 g/mol. The Morgan fingerprint density at radius 2 is 2.12 bits per heavy atom. The van der Waals surface area contributed by atoms with E-state index in [2.05, 4.69) is 14.9 Å². The van der Waals surface area contributed by atoms with Gasteiger partial charge in [-0.05, 0) is 12.8 Å². The summed E-state index contributed by atoms with van der Waals surface area (Å²) in [5, 5.41) is 0.549. The van der Waals surface area contributed by atoms with Crippen LogP contribution in [0.3, 0.4) is 0 Å². The largest absolute Gasteiger partial charge is 0.378 e. The normalized spacial score (nSPS) is 21.0. The number of methoxy groups -OCH3 is 1. The summed E-state index contributed by atoms with van der Waals surface area (Å²) in [5.41, 5.74) is 0.